The van der Waals surface area contributed by atoms with E-state index in [4.69, 9.17) is 16.3 Å². The molecule has 0 spiro atoms. The van der Waals surface area contributed by atoms with E-state index in [1.165, 1.54) is 25.3 Å². The normalized spacial score (nSPS) is 12.3. The Hall–Kier alpha value is -0.650. The van der Waals surface area contributed by atoms with Crippen LogP contribution in [0.5, 0.6) is 5.75 Å². The van der Waals surface area contributed by atoms with Gasteiger partial charge in [-0.05, 0) is 34.1 Å². The number of halogens is 5. The molecule has 20 heavy (non-hydrogen) atoms. The Balaban J connectivity index is 2.52. The van der Waals surface area contributed by atoms with E-state index in [1.54, 1.807) is 12.1 Å². The van der Waals surface area contributed by atoms with Crippen LogP contribution in [0, 0.1) is 11.6 Å². The first-order valence-corrected chi connectivity index (χ1v) is 7.58. The molecule has 2 aromatic rings. The van der Waals surface area contributed by atoms with E-state index < -0.39 is 17.0 Å². The highest BCUT2D eigenvalue weighted by Crippen LogP contribution is 2.39. The summed E-state index contributed by atoms with van der Waals surface area (Å²) in [6, 6.07) is 7.31. The van der Waals surface area contributed by atoms with E-state index in [-0.39, 0.29) is 10.2 Å². The summed E-state index contributed by atoms with van der Waals surface area (Å²) in [7, 11) is 1.41. The summed E-state index contributed by atoms with van der Waals surface area (Å²) in [6.45, 7) is 0. The number of hydrogen-bond donors (Lipinski definition) is 0. The molecule has 1 nitrogen and oxygen atoms in total. The SMILES string of the molecule is COc1cc(F)c(Br)cc1C(Cl)c1ccc(Br)cc1F. The molecule has 0 aliphatic heterocycles. The van der Waals surface area contributed by atoms with Crippen molar-refractivity contribution in [2.45, 2.75) is 5.38 Å². The van der Waals surface area contributed by atoms with Crippen LogP contribution in [-0.2, 0) is 0 Å². The number of hydrogen-bond acceptors (Lipinski definition) is 1. The molecule has 0 saturated heterocycles. The van der Waals surface area contributed by atoms with Gasteiger partial charge in [0.15, 0.2) is 0 Å². The van der Waals surface area contributed by atoms with Gasteiger partial charge in [0, 0.05) is 21.7 Å². The minimum atomic E-state index is -0.782. The van der Waals surface area contributed by atoms with E-state index in [9.17, 15) is 8.78 Å². The van der Waals surface area contributed by atoms with Gasteiger partial charge < -0.3 is 4.74 Å². The first-order chi connectivity index (χ1) is 9.43. The van der Waals surface area contributed by atoms with Gasteiger partial charge in [0.25, 0.3) is 0 Å². The Morgan fingerprint density at radius 3 is 2.35 bits per heavy atom. The summed E-state index contributed by atoms with van der Waals surface area (Å²) in [6.07, 6.45) is 0. The molecule has 6 heteroatoms. The van der Waals surface area contributed by atoms with E-state index >= 15 is 0 Å². The van der Waals surface area contributed by atoms with Crippen molar-refractivity contribution in [2.24, 2.45) is 0 Å². The second-order valence-electron chi connectivity index (χ2n) is 4.04. The highest BCUT2D eigenvalue weighted by molar-refractivity contribution is 9.10. The minimum absolute atomic E-state index is 0.247. The lowest BCUT2D eigenvalue weighted by Crippen LogP contribution is -2.01. The summed E-state index contributed by atoms with van der Waals surface area (Å²) in [4.78, 5) is 0. The Morgan fingerprint density at radius 2 is 1.75 bits per heavy atom. The average molecular weight is 426 g/mol. The van der Waals surface area contributed by atoms with E-state index in [0.29, 0.717) is 15.6 Å². The Labute approximate surface area is 137 Å². The fourth-order valence-electron chi connectivity index (χ4n) is 1.79. The molecule has 0 aliphatic carbocycles. The smallest absolute Gasteiger partial charge is 0.141 e. The quantitative estimate of drug-likeness (QED) is 0.562. The number of benzene rings is 2. The second kappa shape index (κ2) is 6.41. The molecule has 2 rings (SSSR count). The van der Waals surface area contributed by atoms with Crippen LogP contribution in [0.2, 0.25) is 0 Å². The zero-order valence-corrected chi connectivity index (χ0v) is 14.2. The van der Waals surface area contributed by atoms with Crippen molar-refractivity contribution in [1.82, 2.24) is 0 Å². The molecular formula is C14H9Br2ClF2O. The van der Waals surface area contributed by atoms with Crippen molar-refractivity contribution < 1.29 is 13.5 Å². The largest absolute Gasteiger partial charge is 0.496 e. The van der Waals surface area contributed by atoms with Gasteiger partial charge in [0.2, 0.25) is 0 Å². The fourth-order valence-corrected chi connectivity index (χ4v) is 2.84. The molecule has 0 radical (unpaired) electrons. The Morgan fingerprint density at radius 1 is 1.05 bits per heavy atom. The van der Waals surface area contributed by atoms with Gasteiger partial charge in [-0.1, -0.05) is 22.0 Å². The first-order valence-electron chi connectivity index (χ1n) is 5.56. The molecular weight excluding hydrogens is 417 g/mol. The lowest BCUT2D eigenvalue weighted by atomic mass is 10.0. The summed E-state index contributed by atoms with van der Waals surface area (Å²) >= 11 is 12.6. The van der Waals surface area contributed by atoms with E-state index in [0.717, 1.165) is 0 Å². The summed E-state index contributed by atoms with van der Waals surface area (Å²) in [5, 5.41) is -0.782. The van der Waals surface area contributed by atoms with Crippen LogP contribution in [-0.4, -0.2) is 7.11 Å². The van der Waals surface area contributed by atoms with Crippen LogP contribution in [0.4, 0.5) is 8.78 Å². The van der Waals surface area contributed by atoms with Crippen molar-refractivity contribution >= 4 is 43.5 Å². The van der Waals surface area contributed by atoms with E-state index in [1.807, 2.05) is 0 Å². The third-order valence-corrected chi connectivity index (χ3v) is 4.35. The lowest BCUT2D eigenvalue weighted by Gasteiger charge is -2.16. The molecule has 1 atom stereocenters. The molecule has 0 heterocycles. The molecule has 0 fully saturated rings. The topological polar surface area (TPSA) is 9.23 Å². The van der Waals surface area contributed by atoms with Crippen LogP contribution in [0.3, 0.4) is 0 Å². The Bertz CT molecular complexity index is 649. The third-order valence-electron chi connectivity index (χ3n) is 2.78. The van der Waals surface area contributed by atoms with Crippen LogP contribution in [0.1, 0.15) is 16.5 Å². The molecule has 0 bridgehead atoms. The molecule has 106 valence electrons. The zero-order chi connectivity index (χ0) is 14.9. The summed E-state index contributed by atoms with van der Waals surface area (Å²) < 4.78 is 33.4. The lowest BCUT2D eigenvalue weighted by molar-refractivity contribution is 0.406. The molecule has 0 amide bonds. The van der Waals surface area contributed by atoms with Gasteiger partial charge in [-0.3, -0.25) is 0 Å². The zero-order valence-electron chi connectivity index (χ0n) is 10.3. The maximum absolute atomic E-state index is 14.0. The number of ether oxygens (including phenoxy) is 1. The van der Waals surface area contributed by atoms with Gasteiger partial charge in [0.1, 0.15) is 17.4 Å². The molecule has 0 aromatic heterocycles. The van der Waals surface area contributed by atoms with Crippen molar-refractivity contribution in [3.63, 3.8) is 0 Å². The summed E-state index contributed by atoms with van der Waals surface area (Å²) in [5.74, 6) is -0.638. The van der Waals surface area contributed by atoms with Gasteiger partial charge in [0.05, 0.1) is 17.0 Å². The van der Waals surface area contributed by atoms with Gasteiger partial charge in [-0.15, -0.1) is 11.6 Å². The summed E-state index contributed by atoms with van der Waals surface area (Å²) in [5.41, 5.74) is 0.787. The average Bonchev–Trinajstić information content (AvgIpc) is 2.40. The van der Waals surface area contributed by atoms with Crippen molar-refractivity contribution in [1.29, 1.82) is 0 Å². The molecule has 0 saturated carbocycles. The predicted octanol–water partition coefficient (Wildman–Crippen LogP) is 5.83. The molecule has 2 aromatic carbocycles. The number of methoxy groups -OCH3 is 1. The Kier molecular flexibility index (Phi) is 5.04. The van der Waals surface area contributed by atoms with Crippen LogP contribution in [0.15, 0.2) is 39.3 Å². The predicted molar refractivity (Wildman–Crippen MR) is 82.4 cm³/mol. The highest BCUT2D eigenvalue weighted by Gasteiger charge is 2.21. The van der Waals surface area contributed by atoms with Gasteiger partial charge in [-0.25, -0.2) is 8.78 Å². The van der Waals surface area contributed by atoms with Crippen LogP contribution < -0.4 is 4.74 Å². The second-order valence-corrected chi connectivity index (χ2v) is 6.24. The molecule has 0 N–H and O–H groups in total. The van der Waals surface area contributed by atoms with Gasteiger partial charge in [-0.2, -0.15) is 0 Å². The van der Waals surface area contributed by atoms with Crippen LogP contribution >= 0.6 is 43.5 Å². The monoisotopic (exact) mass is 424 g/mol. The standard InChI is InChI=1S/C14H9Br2ClF2O/c1-20-13-6-12(19)10(16)5-9(13)14(17)8-3-2-7(15)4-11(8)18/h2-6,14H,1H3. The van der Waals surface area contributed by atoms with Crippen molar-refractivity contribution in [3.8, 4) is 5.75 Å². The van der Waals surface area contributed by atoms with Gasteiger partial charge >= 0.3 is 0 Å². The third kappa shape index (κ3) is 3.15. The van der Waals surface area contributed by atoms with Crippen LogP contribution in [0.25, 0.3) is 0 Å². The fraction of sp³-hybridized carbons (Fsp3) is 0.143. The van der Waals surface area contributed by atoms with Crippen molar-refractivity contribution in [2.75, 3.05) is 7.11 Å². The number of alkyl halides is 1. The maximum atomic E-state index is 14.0. The first kappa shape index (κ1) is 15.7. The molecule has 1 unspecified atom stereocenters. The molecule has 0 aliphatic rings. The number of rotatable bonds is 3. The highest BCUT2D eigenvalue weighted by atomic mass is 79.9. The maximum Gasteiger partial charge on any atom is 0.141 e. The van der Waals surface area contributed by atoms with E-state index in [2.05, 4.69) is 31.9 Å². The van der Waals surface area contributed by atoms with Crippen molar-refractivity contribution in [3.05, 3.63) is 62.0 Å². The minimum Gasteiger partial charge on any atom is -0.496 e.